The molecule has 1 fully saturated rings. The number of ether oxygens (including phenoxy) is 1. The molecule has 1 unspecified atom stereocenters. The molecule has 8 nitrogen and oxygen atoms in total. The summed E-state index contributed by atoms with van der Waals surface area (Å²) in [5.74, 6) is -1.15. The third kappa shape index (κ3) is 4.85. The van der Waals surface area contributed by atoms with E-state index in [0.29, 0.717) is 33.7 Å². The maximum Gasteiger partial charge on any atom is 0.333 e. The summed E-state index contributed by atoms with van der Waals surface area (Å²) in [4.78, 5) is 20.3. The first kappa shape index (κ1) is 25.0. The van der Waals surface area contributed by atoms with Crippen LogP contribution < -0.4 is 4.90 Å². The van der Waals surface area contributed by atoms with Crippen molar-refractivity contribution in [2.45, 2.75) is 46.5 Å². The largest absolute Gasteiger partial charge is 0.366 e. The van der Waals surface area contributed by atoms with E-state index in [9.17, 15) is 17.6 Å². The van der Waals surface area contributed by atoms with E-state index in [1.165, 1.54) is 18.5 Å². The molecule has 4 aromatic rings. The molecule has 1 saturated heterocycles. The molecular weight excluding hydrogens is 490 g/mol. The molecule has 0 N–H and O–H groups in total. The summed E-state index contributed by atoms with van der Waals surface area (Å²) in [5.41, 5.74) is 2.59. The van der Waals surface area contributed by atoms with Gasteiger partial charge in [0.1, 0.15) is 28.9 Å². The van der Waals surface area contributed by atoms with Crippen molar-refractivity contribution in [1.29, 1.82) is 0 Å². The Morgan fingerprint density at radius 1 is 1.00 bits per heavy atom. The van der Waals surface area contributed by atoms with Crippen molar-refractivity contribution >= 4 is 17.1 Å². The molecule has 3 aromatic heterocycles. The molecule has 0 radical (unpaired) electrons. The molecule has 5 rings (SSSR count). The average molecular weight is 516 g/mol. The van der Waals surface area contributed by atoms with Crippen molar-refractivity contribution in [3.05, 3.63) is 59.2 Å². The van der Waals surface area contributed by atoms with E-state index in [1.807, 2.05) is 18.7 Å². The lowest BCUT2D eigenvalue weighted by atomic mass is 10.0. The first-order valence-electron chi connectivity index (χ1n) is 11.8. The molecule has 12 heteroatoms. The second kappa shape index (κ2) is 9.66. The van der Waals surface area contributed by atoms with E-state index < -0.39 is 24.3 Å². The van der Waals surface area contributed by atoms with Crippen molar-refractivity contribution in [2.75, 3.05) is 18.0 Å². The number of rotatable bonds is 5. The molecule has 37 heavy (non-hydrogen) atoms. The summed E-state index contributed by atoms with van der Waals surface area (Å²) >= 11 is 0. The summed E-state index contributed by atoms with van der Waals surface area (Å²) in [7, 11) is 0. The van der Waals surface area contributed by atoms with Crippen LogP contribution in [0.2, 0.25) is 0 Å². The highest BCUT2D eigenvalue weighted by Gasteiger charge is 2.33. The van der Waals surface area contributed by atoms with Gasteiger partial charge < -0.3 is 9.64 Å². The standard InChI is InChI=1S/C25H25F4N7O/c1-12(2)19-10-35(11-20(37-19)15-8-30-36(9-15)24(28)29)25-33-21(17-6-5-16(26)7-18(17)27)22-23(34-25)32-14(4)13(3)31-22/h5-9,12,19-20,24H,10-11H2,1-4H3/t19?,20-/m1/s1. The topological polar surface area (TPSA) is 81.9 Å². The lowest BCUT2D eigenvalue weighted by molar-refractivity contribution is -0.0504. The monoisotopic (exact) mass is 515 g/mol. The fourth-order valence-corrected chi connectivity index (χ4v) is 4.24. The summed E-state index contributed by atoms with van der Waals surface area (Å²) in [6.07, 6.45) is 1.76. The zero-order valence-corrected chi connectivity index (χ0v) is 20.7. The maximum absolute atomic E-state index is 14.9. The quantitative estimate of drug-likeness (QED) is 0.339. The van der Waals surface area contributed by atoms with Gasteiger partial charge in [0.2, 0.25) is 5.95 Å². The molecule has 0 amide bonds. The maximum atomic E-state index is 14.9. The van der Waals surface area contributed by atoms with Crippen LogP contribution in [0.3, 0.4) is 0 Å². The molecule has 194 valence electrons. The van der Waals surface area contributed by atoms with Crippen LogP contribution in [0.15, 0.2) is 30.6 Å². The third-order valence-corrected chi connectivity index (χ3v) is 6.46. The van der Waals surface area contributed by atoms with Crippen LogP contribution in [0.25, 0.3) is 22.4 Å². The highest BCUT2D eigenvalue weighted by Crippen LogP contribution is 2.33. The van der Waals surface area contributed by atoms with Crippen LogP contribution in [0.5, 0.6) is 0 Å². The van der Waals surface area contributed by atoms with Crippen molar-refractivity contribution in [3.63, 3.8) is 0 Å². The molecule has 4 heterocycles. The molecular formula is C25H25F4N7O. The molecule has 1 aliphatic rings. The second-order valence-electron chi connectivity index (χ2n) is 9.41. The van der Waals surface area contributed by atoms with E-state index in [4.69, 9.17) is 4.74 Å². The van der Waals surface area contributed by atoms with Gasteiger partial charge in [-0.1, -0.05) is 13.8 Å². The molecule has 2 atom stereocenters. The number of nitrogens with zero attached hydrogens (tertiary/aromatic N) is 7. The predicted octanol–water partition coefficient (Wildman–Crippen LogP) is 5.18. The SMILES string of the molecule is Cc1nc2nc(N3CC(C(C)C)O[C@@H](c4cnn(C(F)F)c4)C3)nc(-c3ccc(F)cc3F)c2nc1C. The Balaban J connectivity index is 1.63. The Morgan fingerprint density at radius 2 is 1.76 bits per heavy atom. The molecule has 0 spiro atoms. The minimum atomic E-state index is -2.77. The molecule has 0 aliphatic carbocycles. The van der Waals surface area contributed by atoms with E-state index in [-0.39, 0.29) is 41.4 Å². The number of morpholine rings is 1. The minimum absolute atomic E-state index is 0.0658. The smallest absolute Gasteiger partial charge is 0.333 e. The molecule has 1 aromatic carbocycles. The third-order valence-electron chi connectivity index (χ3n) is 6.46. The highest BCUT2D eigenvalue weighted by molar-refractivity contribution is 5.88. The number of halogens is 4. The Hall–Kier alpha value is -3.67. The Kier molecular flexibility index (Phi) is 6.52. The van der Waals surface area contributed by atoms with E-state index in [0.717, 1.165) is 12.1 Å². The Morgan fingerprint density at radius 3 is 2.43 bits per heavy atom. The van der Waals surface area contributed by atoms with Crippen LogP contribution in [0.4, 0.5) is 23.5 Å². The van der Waals surface area contributed by atoms with Crippen LogP contribution in [0, 0.1) is 31.4 Å². The van der Waals surface area contributed by atoms with Gasteiger partial charge >= 0.3 is 6.55 Å². The fourth-order valence-electron chi connectivity index (χ4n) is 4.24. The zero-order valence-electron chi connectivity index (χ0n) is 20.7. The second-order valence-corrected chi connectivity index (χ2v) is 9.41. The van der Waals surface area contributed by atoms with Gasteiger partial charge in [-0.25, -0.2) is 28.4 Å². The summed E-state index contributed by atoms with van der Waals surface area (Å²) in [6, 6.07) is 3.25. The summed E-state index contributed by atoms with van der Waals surface area (Å²) in [6.45, 7) is 5.44. The highest BCUT2D eigenvalue weighted by atomic mass is 19.3. The van der Waals surface area contributed by atoms with Crippen molar-refractivity contribution in [2.24, 2.45) is 5.92 Å². The molecule has 0 saturated carbocycles. The van der Waals surface area contributed by atoms with Gasteiger partial charge in [0.15, 0.2) is 5.65 Å². The van der Waals surface area contributed by atoms with Gasteiger partial charge in [-0.05, 0) is 31.9 Å². The number of alkyl halides is 2. The van der Waals surface area contributed by atoms with Crippen LogP contribution >= 0.6 is 0 Å². The number of aromatic nitrogens is 6. The fraction of sp³-hybridized carbons (Fsp3) is 0.400. The van der Waals surface area contributed by atoms with Crippen LogP contribution in [-0.2, 0) is 4.74 Å². The average Bonchev–Trinajstić information content (AvgIpc) is 3.35. The van der Waals surface area contributed by atoms with Gasteiger partial charge in [-0.15, -0.1) is 0 Å². The lowest BCUT2D eigenvalue weighted by Gasteiger charge is -2.39. The van der Waals surface area contributed by atoms with Gasteiger partial charge in [-0.2, -0.15) is 18.9 Å². The summed E-state index contributed by atoms with van der Waals surface area (Å²) in [5, 5.41) is 3.73. The van der Waals surface area contributed by atoms with Crippen LogP contribution in [0.1, 0.15) is 43.5 Å². The van der Waals surface area contributed by atoms with Crippen molar-refractivity contribution in [1.82, 2.24) is 29.7 Å². The Bertz CT molecular complexity index is 1460. The van der Waals surface area contributed by atoms with E-state index in [2.05, 4.69) is 25.0 Å². The predicted molar refractivity (Wildman–Crippen MR) is 128 cm³/mol. The normalized spacial score (nSPS) is 18.4. The van der Waals surface area contributed by atoms with Crippen LogP contribution in [-0.4, -0.2) is 48.9 Å². The number of benzene rings is 1. The van der Waals surface area contributed by atoms with Gasteiger partial charge in [0.25, 0.3) is 0 Å². The minimum Gasteiger partial charge on any atom is -0.366 e. The van der Waals surface area contributed by atoms with Gasteiger partial charge in [-0.3, -0.25) is 0 Å². The number of fused-ring (bicyclic) bond motifs is 1. The van der Waals surface area contributed by atoms with E-state index in [1.54, 1.807) is 13.8 Å². The Labute approximate surface area is 210 Å². The molecule has 0 bridgehead atoms. The first-order chi connectivity index (χ1) is 17.6. The molecule has 1 aliphatic heterocycles. The number of hydrogen-bond acceptors (Lipinski definition) is 7. The van der Waals surface area contributed by atoms with Gasteiger partial charge in [0, 0.05) is 29.9 Å². The van der Waals surface area contributed by atoms with Crippen molar-refractivity contribution in [3.8, 4) is 11.3 Å². The zero-order chi connectivity index (χ0) is 26.4. The lowest BCUT2D eigenvalue weighted by Crippen LogP contribution is -2.47. The number of hydrogen-bond donors (Lipinski definition) is 0. The van der Waals surface area contributed by atoms with Gasteiger partial charge in [0.05, 0.1) is 30.2 Å². The number of aryl methyl sites for hydroxylation is 2. The summed E-state index contributed by atoms with van der Waals surface area (Å²) < 4.78 is 61.6. The van der Waals surface area contributed by atoms with E-state index >= 15 is 0 Å². The number of anilines is 1. The van der Waals surface area contributed by atoms with Crippen molar-refractivity contribution < 1.29 is 22.3 Å². The first-order valence-corrected chi connectivity index (χ1v) is 11.8.